The number of rotatable bonds is 9. The summed E-state index contributed by atoms with van der Waals surface area (Å²) in [5.74, 6) is -0.164. The van der Waals surface area contributed by atoms with Crippen molar-refractivity contribution < 1.29 is 27.1 Å². The molecular formula is C24H25FN2O5S. The highest BCUT2D eigenvalue weighted by molar-refractivity contribution is 7.92. The molecule has 174 valence electrons. The molecule has 0 radical (unpaired) electrons. The van der Waals surface area contributed by atoms with Gasteiger partial charge in [-0.15, -0.1) is 0 Å². The van der Waals surface area contributed by atoms with Crippen LogP contribution in [0.3, 0.4) is 0 Å². The van der Waals surface area contributed by atoms with Crippen LogP contribution >= 0.6 is 0 Å². The van der Waals surface area contributed by atoms with Crippen molar-refractivity contribution in [2.45, 2.75) is 17.9 Å². The Kier molecular flexibility index (Phi) is 7.55. The van der Waals surface area contributed by atoms with Gasteiger partial charge < -0.3 is 14.8 Å². The number of hydrogen-bond donors (Lipinski definition) is 1. The first-order valence-electron chi connectivity index (χ1n) is 10.1. The van der Waals surface area contributed by atoms with Crippen LogP contribution in [0.15, 0.2) is 77.7 Å². The molecule has 3 aromatic rings. The number of sulfonamides is 1. The first-order valence-corrected chi connectivity index (χ1v) is 11.5. The normalized spacial score (nSPS) is 12.0. The summed E-state index contributed by atoms with van der Waals surface area (Å²) in [6, 6.07) is 17.7. The third kappa shape index (κ3) is 5.61. The second-order valence-electron chi connectivity index (χ2n) is 7.20. The lowest BCUT2D eigenvalue weighted by atomic mass is 10.1. The van der Waals surface area contributed by atoms with Crippen molar-refractivity contribution in [2.24, 2.45) is 0 Å². The number of nitrogens with zero attached hydrogens (tertiary/aromatic N) is 1. The lowest BCUT2D eigenvalue weighted by molar-refractivity contribution is -0.120. The molecule has 0 aromatic heterocycles. The van der Waals surface area contributed by atoms with E-state index in [0.717, 1.165) is 4.31 Å². The molecule has 0 bridgehead atoms. The highest BCUT2D eigenvalue weighted by atomic mass is 32.2. The standard InChI is InChI=1S/C24H25FN2O5S/c1-17(18-9-11-19(25)12-10-18)26-24(28)16-27(33(29,30)21-7-5-4-6-8-21)20-13-14-22(31-2)23(15-20)32-3/h4-15,17H,16H2,1-3H3,(H,26,28). The van der Waals surface area contributed by atoms with E-state index in [1.807, 2.05) is 0 Å². The van der Waals surface area contributed by atoms with E-state index < -0.39 is 28.5 Å². The molecule has 0 fully saturated rings. The summed E-state index contributed by atoms with van der Waals surface area (Å²) in [5.41, 5.74) is 0.925. The summed E-state index contributed by atoms with van der Waals surface area (Å²) in [7, 11) is -1.16. The molecule has 0 saturated carbocycles. The first kappa shape index (κ1) is 24.1. The van der Waals surface area contributed by atoms with Gasteiger partial charge in [-0.2, -0.15) is 0 Å². The fourth-order valence-corrected chi connectivity index (χ4v) is 4.70. The number of halogens is 1. The second kappa shape index (κ2) is 10.4. The van der Waals surface area contributed by atoms with Gasteiger partial charge in [-0.3, -0.25) is 9.10 Å². The van der Waals surface area contributed by atoms with Crippen molar-refractivity contribution in [1.29, 1.82) is 0 Å². The number of nitrogens with one attached hydrogen (secondary N) is 1. The predicted molar refractivity (Wildman–Crippen MR) is 123 cm³/mol. The summed E-state index contributed by atoms with van der Waals surface area (Å²) in [4.78, 5) is 12.9. The van der Waals surface area contributed by atoms with Crippen molar-refractivity contribution in [1.82, 2.24) is 5.32 Å². The molecule has 3 rings (SSSR count). The quantitative estimate of drug-likeness (QED) is 0.510. The molecule has 0 spiro atoms. The van der Waals surface area contributed by atoms with Gasteiger partial charge in [-0.1, -0.05) is 30.3 Å². The largest absolute Gasteiger partial charge is 0.493 e. The fourth-order valence-electron chi connectivity index (χ4n) is 3.27. The van der Waals surface area contributed by atoms with Gasteiger partial charge in [0.1, 0.15) is 12.4 Å². The monoisotopic (exact) mass is 472 g/mol. The van der Waals surface area contributed by atoms with E-state index in [-0.39, 0.29) is 16.4 Å². The minimum Gasteiger partial charge on any atom is -0.493 e. The van der Waals surface area contributed by atoms with Crippen LogP contribution in [-0.4, -0.2) is 35.1 Å². The Balaban J connectivity index is 1.93. The lowest BCUT2D eigenvalue weighted by Crippen LogP contribution is -2.41. The maximum Gasteiger partial charge on any atom is 0.264 e. The molecule has 3 aromatic carbocycles. The zero-order valence-corrected chi connectivity index (χ0v) is 19.3. The SMILES string of the molecule is COc1ccc(N(CC(=O)NC(C)c2ccc(F)cc2)S(=O)(=O)c2ccccc2)cc1OC. The molecule has 1 amide bonds. The van der Waals surface area contributed by atoms with Crippen molar-refractivity contribution in [3.63, 3.8) is 0 Å². The molecule has 0 aliphatic heterocycles. The summed E-state index contributed by atoms with van der Waals surface area (Å²) in [5, 5.41) is 2.77. The second-order valence-corrected chi connectivity index (χ2v) is 9.07. The number of carbonyl (C=O) groups is 1. The third-order valence-electron chi connectivity index (χ3n) is 5.02. The molecule has 0 heterocycles. The Labute approximate surface area is 192 Å². The van der Waals surface area contributed by atoms with Gasteiger partial charge >= 0.3 is 0 Å². The van der Waals surface area contributed by atoms with Gasteiger partial charge in [0.25, 0.3) is 10.0 Å². The van der Waals surface area contributed by atoms with Crippen LogP contribution in [0.4, 0.5) is 10.1 Å². The van der Waals surface area contributed by atoms with E-state index in [1.165, 1.54) is 44.6 Å². The van der Waals surface area contributed by atoms with Crippen LogP contribution < -0.4 is 19.1 Å². The molecule has 0 aliphatic carbocycles. The van der Waals surface area contributed by atoms with E-state index >= 15 is 0 Å². The highest BCUT2D eigenvalue weighted by Crippen LogP contribution is 2.33. The number of anilines is 1. The van der Waals surface area contributed by atoms with Crippen LogP contribution in [0.25, 0.3) is 0 Å². The minimum atomic E-state index is -4.07. The van der Waals surface area contributed by atoms with E-state index in [4.69, 9.17) is 9.47 Å². The molecule has 1 atom stereocenters. The van der Waals surface area contributed by atoms with Crippen LogP contribution in [-0.2, 0) is 14.8 Å². The number of benzene rings is 3. The predicted octanol–water partition coefficient (Wildman–Crippen LogP) is 3.92. The molecule has 9 heteroatoms. The van der Waals surface area contributed by atoms with Crippen molar-refractivity contribution in [2.75, 3.05) is 25.1 Å². The average Bonchev–Trinajstić information content (AvgIpc) is 2.83. The topological polar surface area (TPSA) is 84.9 Å². The maximum atomic E-state index is 13.4. The third-order valence-corrected chi connectivity index (χ3v) is 6.81. The van der Waals surface area contributed by atoms with Gasteiger partial charge in [0.2, 0.25) is 5.91 Å². The number of hydrogen-bond acceptors (Lipinski definition) is 5. The fraction of sp³-hybridized carbons (Fsp3) is 0.208. The average molecular weight is 473 g/mol. The molecule has 1 N–H and O–H groups in total. The Morgan fingerprint density at radius 3 is 2.21 bits per heavy atom. The Bertz CT molecular complexity index is 1200. The van der Waals surface area contributed by atoms with Crippen molar-refractivity contribution in [3.8, 4) is 11.5 Å². The highest BCUT2D eigenvalue weighted by Gasteiger charge is 2.28. The van der Waals surface area contributed by atoms with Gasteiger partial charge in [0.15, 0.2) is 11.5 Å². The Morgan fingerprint density at radius 2 is 1.61 bits per heavy atom. The summed E-state index contributed by atoms with van der Waals surface area (Å²) >= 11 is 0. The zero-order chi connectivity index (χ0) is 24.0. The van der Waals surface area contributed by atoms with E-state index in [0.29, 0.717) is 17.1 Å². The molecular weight excluding hydrogens is 447 g/mol. The maximum absolute atomic E-state index is 13.4. The Morgan fingerprint density at radius 1 is 0.970 bits per heavy atom. The minimum absolute atomic E-state index is 0.0409. The molecule has 0 saturated heterocycles. The number of amides is 1. The van der Waals surface area contributed by atoms with Crippen LogP contribution in [0.5, 0.6) is 11.5 Å². The van der Waals surface area contributed by atoms with E-state index in [9.17, 15) is 17.6 Å². The molecule has 33 heavy (non-hydrogen) atoms. The molecule has 0 aliphatic rings. The summed E-state index contributed by atoms with van der Waals surface area (Å²) in [6.45, 7) is 1.26. The van der Waals surface area contributed by atoms with Crippen molar-refractivity contribution >= 4 is 21.6 Å². The van der Waals surface area contributed by atoms with Gasteiger partial charge in [0, 0.05) is 6.07 Å². The van der Waals surface area contributed by atoms with Crippen molar-refractivity contribution in [3.05, 3.63) is 84.2 Å². The van der Waals surface area contributed by atoms with Gasteiger partial charge in [-0.25, -0.2) is 12.8 Å². The lowest BCUT2D eigenvalue weighted by Gasteiger charge is -2.26. The smallest absolute Gasteiger partial charge is 0.264 e. The number of methoxy groups -OCH3 is 2. The zero-order valence-electron chi connectivity index (χ0n) is 18.5. The van der Waals surface area contributed by atoms with E-state index in [1.54, 1.807) is 49.4 Å². The summed E-state index contributed by atoms with van der Waals surface area (Å²) in [6.07, 6.45) is 0. The number of carbonyl (C=O) groups excluding carboxylic acids is 1. The summed E-state index contributed by atoms with van der Waals surface area (Å²) < 4.78 is 51.6. The first-order chi connectivity index (χ1) is 15.8. The number of ether oxygens (including phenoxy) is 2. The Hall–Kier alpha value is -3.59. The van der Waals surface area contributed by atoms with Crippen LogP contribution in [0.2, 0.25) is 0 Å². The van der Waals surface area contributed by atoms with E-state index in [2.05, 4.69) is 5.32 Å². The van der Waals surface area contributed by atoms with Crippen LogP contribution in [0.1, 0.15) is 18.5 Å². The van der Waals surface area contributed by atoms with Crippen LogP contribution in [0, 0.1) is 5.82 Å². The van der Waals surface area contributed by atoms with Gasteiger partial charge in [0.05, 0.1) is 30.8 Å². The van der Waals surface area contributed by atoms with Gasteiger partial charge in [-0.05, 0) is 48.9 Å². The molecule has 7 nitrogen and oxygen atoms in total. The molecule has 1 unspecified atom stereocenters.